The fourth-order valence-corrected chi connectivity index (χ4v) is 7.11. The Labute approximate surface area is 198 Å². The highest BCUT2D eigenvalue weighted by Gasteiger charge is 2.74. The maximum atomic E-state index is 14.1. The highest BCUT2D eigenvalue weighted by atomic mass is 79.9. The van der Waals surface area contributed by atoms with Gasteiger partial charge in [0, 0.05) is 21.8 Å². The van der Waals surface area contributed by atoms with Crippen molar-refractivity contribution in [2.75, 3.05) is 16.8 Å². The fourth-order valence-electron chi connectivity index (χ4n) is 6.75. The molecule has 33 heavy (non-hydrogen) atoms. The van der Waals surface area contributed by atoms with Crippen molar-refractivity contribution in [1.82, 2.24) is 4.90 Å². The Kier molecular flexibility index (Phi) is 3.84. The first-order valence-corrected chi connectivity index (χ1v) is 12.1. The first-order valence-electron chi connectivity index (χ1n) is 11.3. The number of halogens is 1. The highest BCUT2D eigenvalue weighted by molar-refractivity contribution is 9.10. The first-order chi connectivity index (χ1) is 16.0. The summed E-state index contributed by atoms with van der Waals surface area (Å²) < 4.78 is 0.847. The van der Waals surface area contributed by atoms with Crippen molar-refractivity contribution >= 4 is 55.8 Å². The number of fused-ring (bicyclic) bond motifs is 8. The summed E-state index contributed by atoms with van der Waals surface area (Å²) in [5, 5.41) is 5.03. The largest absolute Gasteiger partial charge is 0.324 e. The van der Waals surface area contributed by atoms with Crippen LogP contribution >= 0.6 is 15.9 Å². The highest BCUT2D eigenvalue weighted by Crippen LogP contribution is 2.60. The standard InChI is InChI=1S/C26H20BrN3O3/c27-16-8-10-19-18(13-16)26(25(33)28-19)22-21(20-6-3-11-29(20)26)23(31)30(24(22)32)17-9-7-14-4-1-2-5-15(14)12-17/h1-2,4-5,7-10,12-13,20-22H,3,6,11H2,(H,28,33)/t20-,21+,22+,26-/m0/s1. The SMILES string of the molecule is O=C1[C@@H]2[C@@H]3CCCN3[C@]3(C(=O)Nc4ccc(Br)cc43)[C@H]2C(=O)N1c1ccc2ccccc2c1. The molecule has 6 nitrogen and oxygen atoms in total. The van der Waals surface area contributed by atoms with Gasteiger partial charge in [0.15, 0.2) is 0 Å². The van der Waals surface area contributed by atoms with Crippen LogP contribution in [0.25, 0.3) is 10.8 Å². The summed E-state index contributed by atoms with van der Waals surface area (Å²) in [6, 6.07) is 19.1. The van der Waals surface area contributed by atoms with Crippen LogP contribution in [0.4, 0.5) is 11.4 Å². The number of imide groups is 1. The van der Waals surface area contributed by atoms with Crippen molar-refractivity contribution in [3.05, 3.63) is 70.7 Å². The van der Waals surface area contributed by atoms with Crippen LogP contribution < -0.4 is 10.2 Å². The van der Waals surface area contributed by atoms with E-state index in [2.05, 4.69) is 26.1 Å². The van der Waals surface area contributed by atoms with Crippen molar-refractivity contribution in [3.8, 4) is 0 Å². The maximum Gasteiger partial charge on any atom is 0.250 e. The predicted octanol–water partition coefficient (Wildman–Crippen LogP) is 4.03. The lowest BCUT2D eigenvalue weighted by molar-refractivity contribution is -0.135. The molecule has 0 bridgehead atoms. The molecule has 4 aliphatic heterocycles. The third-order valence-corrected chi connectivity index (χ3v) is 8.44. The Bertz CT molecular complexity index is 1400. The van der Waals surface area contributed by atoms with Crippen LogP contribution in [0.15, 0.2) is 65.1 Å². The number of nitrogens with one attached hydrogen (secondary N) is 1. The number of benzene rings is 3. The monoisotopic (exact) mass is 501 g/mol. The fraction of sp³-hybridized carbons (Fsp3) is 0.269. The molecule has 164 valence electrons. The third kappa shape index (κ3) is 2.29. The van der Waals surface area contributed by atoms with Crippen LogP contribution in [-0.2, 0) is 19.9 Å². The molecule has 0 aliphatic carbocycles. The molecule has 7 rings (SSSR count). The van der Waals surface area contributed by atoms with E-state index in [1.807, 2.05) is 60.7 Å². The quantitative estimate of drug-likeness (QED) is 0.511. The van der Waals surface area contributed by atoms with E-state index >= 15 is 0 Å². The minimum atomic E-state index is -1.15. The molecule has 0 saturated carbocycles. The van der Waals surface area contributed by atoms with Gasteiger partial charge in [-0.25, -0.2) is 4.90 Å². The zero-order chi connectivity index (χ0) is 22.5. The van der Waals surface area contributed by atoms with Gasteiger partial charge in [0.2, 0.25) is 17.7 Å². The Morgan fingerprint density at radius 1 is 0.939 bits per heavy atom. The Hall–Kier alpha value is -3.03. The van der Waals surface area contributed by atoms with Crippen molar-refractivity contribution in [3.63, 3.8) is 0 Å². The number of hydrogen-bond acceptors (Lipinski definition) is 4. The molecule has 3 amide bonds. The van der Waals surface area contributed by atoms with Crippen LogP contribution in [0.1, 0.15) is 18.4 Å². The second kappa shape index (κ2) is 6.52. The molecule has 1 spiro atoms. The lowest BCUT2D eigenvalue weighted by Gasteiger charge is -2.36. The van der Waals surface area contributed by atoms with E-state index in [0.717, 1.165) is 39.3 Å². The summed E-state index contributed by atoms with van der Waals surface area (Å²) >= 11 is 3.54. The molecule has 4 aliphatic rings. The average molecular weight is 502 g/mol. The molecule has 1 N–H and O–H groups in total. The van der Waals surface area contributed by atoms with E-state index in [4.69, 9.17) is 0 Å². The predicted molar refractivity (Wildman–Crippen MR) is 128 cm³/mol. The number of anilines is 2. The van der Waals surface area contributed by atoms with Crippen molar-refractivity contribution in [2.45, 2.75) is 24.4 Å². The lowest BCUT2D eigenvalue weighted by Crippen LogP contribution is -2.54. The molecule has 3 fully saturated rings. The molecular weight excluding hydrogens is 482 g/mol. The summed E-state index contributed by atoms with van der Waals surface area (Å²) in [5.74, 6) is -1.93. The molecule has 4 heterocycles. The minimum Gasteiger partial charge on any atom is -0.324 e. The van der Waals surface area contributed by atoms with Gasteiger partial charge >= 0.3 is 0 Å². The molecular formula is C26H20BrN3O3. The van der Waals surface area contributed by atoms with E-state index in [1.54, 1.807) is 0 Å². The Balaban J connectivity index is 1.42. The molecule has 3 saturated heterocycles. The van der Waals surface area contributed by atoms with Gasteiger partial charge in [-0.2, -0.15) is 0 Å². The molecule has 0 aromatic heterocycles. The normalized spacial score (nSPS) is 30.3. The summed E-state index contributed by atoms with van der Waals surface area (Å²) in [4.78, 5) is 45.0. The molecule has 0 radical (unpaired) electrons. The van der Waals surface area contributed by atoms with Gasteiger partial charge in [-0.05, 0) is 60.5 Å². The summed E-state index contributed by atoms with van der Waals surface area (Å²) in [7, 11) is 0. The zero-order valence-corrected chi connectivity index (χ0v) is 19.2. The number of amides is 3. The van der Waals surface area contributed by atoms with E-state index in [-0.39, 0.29) is 23.8 Å². The van der Waals surface area contributed by atoms with Gasteiger partial charge in [0.1, 0.15) is 5.54 Å². The van der Waals surface area contributed by atoms with Crippen LogP contribution in [0.5, 0.6) is 0 Å². The van der Waals surface area contributed by atoms with Gasteiger partial charge in [-0.1, -0.05) is 46.3 Å². The van der Waals surface area contributed by atoms with Crippen molar-refractivity contribution in [2.24, 2.45) is 11.8 Å². The summed E-state index contributed by atoms with van der Waals surface area (Å²) in [5.41, 5.74) is 0.941. The van der Waals surface area contributed by atoms with E-state index in [9.17, 15) is 14.4 Å². The number of rotatable bonds is 1. The van der Waals surface area contributed by atoms with E-state index < -0.39 is 17.4 Å². The number of hydrogen-bond donors (Lipinski definition) is 1. The zero-order valence-electron chi connectivity index (χ0n) is 17.6. The summed E-state index contributed by atoms with van der Waals surface area (Å²) in [6.07, 6.45) is 1.72. The number of nitrogens with zero attached hydrogens (tertiary/aromatic N) is 2. The molecule has 3 aromatic carbocycles. The van der Waals surface area contributed by atoms with E-state index in [0.29, 0.717) is 12.2 Å². The van der Waals surface area contributed by atoms with Crippen molar-refractivity contribution < 1.29 is 14.4 Å². The molecule has 3 aromatic rings. The van der Waals surface area contributed by atoms with Crippen LogP contribution in [0.3, 0.4) is 0 Å². The van der Waals surface area contributed by atoms with Gasteiger partial charge in [-0.3, -0.25) is 19.3 Å². The Morgan fingerprint density at radius 2 is 1.76 bits per heavy atom. The van der Waals surface area contributed by atoms with Crippen LogP contribution in [0, 0.1) is 11.8 Å². The lowest BCUT2D eigenvalue weighted by atomic mass is 9.75. The van der Waals surface area contributed by atoms with Gasteiger partial charge in [0.25, 0.3) is 0 Å². The van der Waals surface area contributed by atoms with Crippen LogP contribution in [0.2, 0.25) is 0 Å². The van der Waals surface area contributed by atoms with Gasteiger partial charge in [-0.15, -0.1) is 0 Å². The molecule has 4 atom stereocenters. The topological polar surface area (TPSA) is 69.7 Å². The van der Waals surface area contributed by atoms with Gasteiger partial charge < -0.3 is 5.32 Å². The molecule has 7 heteroatoms. The maximum absolute atomic E-state index is 14.1. The smallest absolute Gasteiger partial charge is 0.250 e. The molecule has 0 unspecified atom stereocenters. The second-order valence-corrected chi connectivity index (χ2v) is 10.3. The second-order valence-electron chi connectivity index (χ2n) is 9.36. The average Bonchev–Trinajstić information content (AvgIpc) is 3.52. The first kappa shape index (κ1) is 19.4. The van der Waals surface area contributed by atoms with E-state index in [1.165, 1.54) is 4.90 Å². The Morgan fingerprint density at radius 3 is 2.61 bits per heavy atom. The number of carbonyl (C=O) groups is 3. The van der Waals surface area contributed by atoms with Crippen LogP contribution in [-0.4, -0.2) is 35.2 Å². The number of carbonyl (C=O) groups excluding carboxylic acids is 3. The third-order valence-electron chi connectivity index (χ3n) is 7.95. The van der Waals surface area contributed by atoms with Gasteiger partial charge in [0.05, 0.1) is 17.5 Å². The van der Waals surface area contributed by atoms with Crippen molar-refractivity contribution in [1.29, 1.82) is 0 Å². The summed E-state index contributed by atoms with van der Waals surface area (Å²) in [6.45, 7) is 0.702. The minimum absolute atomic E-state index is 0.118.